The number of nitrogen functional groups attached to an aromatic ring is 1. The second-order valence-electron chi connectivity index (χ2n) is 5.73. The maximum atomic E-state index is 5.77. The van der Waals surface area contributed by atoms with Crippen LogP contribution in [0.2, 0.25) is 0 Å². The van der Waals surface area contributed by atoms with Crippen molar-refractivity contribution in [2.45, 2.75) is 12.8 Å². The van der Waals surface area contributed by atoms with Gasteiger partial charge in [-0.15, -0.1) is 0 Å². The molecule has 1 aromatic carbocycles. The first-order valence-corrected chi connectivity index (χ1v) is 7.92. The number of hydrogen-bond acceptors (Lipinski definition) is 4. The van der Waals surface area contributed by atoms with Gasteiger partial charge in [0.05, 0.1) is 13.2 Å². The Kier molecular flexibility index (Phi) is 5.03. The second-order valence-corrected chi connectivity index (χ2v) is 5.73. The average molecular weight is 297 g/mol. The van der Waals surface area contributed by atoms with E-state index in [2.05, 4.69) is 34.1 Å². The summed E-state index contributed by atoms with van der Waals surface area (Å²) in [5, 5.41) is 0. The molecule has 22 heavy (non-hydrogen) atoms. The Labute approximate surface area is 131 Å². The summed E-state index contributed by atoms with van der Waals surface area (Å²) in [5.74, 6) is 0.565. The normalized spacial score (nSPS) is 15.8. The molecule has 3 rings (SSSR count). The maximum Gasteiger partial charge on any atom is 0.123 e. The number of pyridine rings is 1. The van der Waals surface area contributed by atoms with Gasteiger partial charge in [-0.05, 0) is 48.2 Å². The van der Waals surface area contributed by atoms with Gasteiger partial charge in [0.2, 0.25) is 0 Å². The molecule has 0 unspecified atom stereocenters. The van der Waals surface area contributed by atoms with Gasteiger partial charge in [0, 0.05) is 19.3 Å². The Bertz CT molecular complexity index is 609. The smallest absolute Gasteiger partial charge is 0.123 e. The summed E-state index contributed by atoms with van der Waals surface area (Å²) in [6.07, 6.45) is 4.05. The van der Waals surface area contributed by atoms with Crippen LogP contribution in [-0.4, -0.2) is 42.7 Å². The topological polar surface area (TPSA) is 51.4 Å². The summed E-state index contributed by atoms with van der Waals surface area (Å²) in [4.78, 5) is 6.53. The van der Waals surface area contributed by atoms with Gasteiger partial charge in [-0.1, -0.05) is 24.3 Å². The fourth-order valence-corrected chi connectivity index (χ4v) is 2.87. The number of hydrogen-bond donors (Lipinski definition) is 1. The summed E-state index contributed by atoms with van der Waals surface area (Å²) in [5.41, 5.74) is 9.48. The molecule has 0 spiro atoms. The van der Waals surface area contributed by atoms with Gasteiger partial charge in [-0.3, -0.25) is 4.90 Å². The lowest BCUT2D eigenvalue weighted by Crippen LogP contribution is -2.36. The molecule has 4 nitrogen and oxygen atoms in total. The lowest BCUT2D eigenvalue weighted by molar-refractivity contribution is 0.0375. The average Bonchev–Trinajstić information content (AvgIpc) is 2.56. The van der Waals surface area contributed by atoms with E-state index in [4.69, 9.17) is 10.5 Å². The molecule has 1 aromatic heterocycles. The van der Waals surface area contributed by atoms with Gasteiger partial charge in [0.25, 0.3) is 0 Å². The molecule has 4 heteroatoms. The van der Waals surface area contributed by atoms with E-state index in [0.29, 0.717) is 5.82 Å². The summed E-state index contributed by atoms with van der Waals surface area (Å²) in [6, 6.07) is 12.6. The molecule has 1 fully saturated rings. The van der Waals surface area contributed by atoms with Gasteiger partial charge in [0.15, 0.2) is 0 Å². The summed E-state index contributed by atoms with van der Waals surface area (Å²) in [6.45, 7) is 5.03. The molecular formula is C18H23N3O. The third-order valence-electron chi connectivity index (χ3n) is 4.08. The number of aryl methyl sites for hydroxylation is 1. The molecule has 0 atom stereocenters. The van der Waals surface area contributed by atoms with Crippen LogP contribution in [-0.2, 0) is 11.2 Å². The largest absolute Gasteiger partial charge is 0.384 e. The van der Waals surface area contributed by atoms with Gasteiger partial charge in [-0.2, -0.15) is 0 Å². The Hall–Kier alpha value is -1.91. The van der Waals surface area contributed by atoms with Crippen molar-refractivity contribution in [3.8, 4) is 11.1 Å². The van der Waals surface area contributed by atoms with Crippen LogP contribution >= 0.6 is 0 Å². The number of nitrogens with two attached hydrogens (primary N) is 1. The fourth-order valence-electron chi connectivity index (χ4n) is 2.87. The first kappa shape index (κ1) is 15.0. The first-order chi connectivity index (χ1) is 10.8. The summed E-state index contributed by atoms with van der Waals surface area (Å²) in [7, 11) is 0. The van der Waals surface area contributed by atoms with Gasteiger partial charge in [0.1, 0.15) is 5.82 Å². The van der Waals surface area contributed by atoms with E-state index in [-0.39, 0.29) is 0 Å². The van der Waals surface area contributed by atoms with Crippen LogP contribution in [0.1, 0.15) is 12.0 Å². The highest BCUT2D eigenvalue weighted by Crippen LogP contribution is 2.22. The lowest BCUT2D eigenvalue weighted by atomic mass is 10.0. The zero-order chi connectivity index (χ0) is 15.2. The minimum atomic E-state index is 0.565. The van der Waals surface area contributed by atoms with Crippen molar-refractivity contribution in [1.29, 1.82) is 0 Å². The number of anilines is 1. The minimum Gasteiger partial charge on any atom is -0.384 e. The van der Waals surface area contributed by atoms with Crippen LogP contribution in [0.25, 0.3) is 11.1 Å². The molecule has 0 bridgehead atoms. The van der Waals surface area contributed by atoms with Crippen LogP contribution in [0.3, 0.4) is 0 Å². The highest BCUT2D eigenvalue weighted by Gasteiger charge is 2.09. The molecular weight excluding hydrogens is 274 g/mol. The molecule has 0 aliphatic carbocycles. The fraction of sp³-hybridized carbons (Fsp3) is 0.389. The standard InChI is InChI=1S/C18H23N3O/c19-18-14-17(6-7-20-18)16-5-1-3-15(13-16)4-2-8-21-9-11-22-12-10-21/h1,3,5-7,13-14H,2,4,8-12H2,(H2,19,20). The molecule has 0 radical (unpaired) electrons. The molecule has 1 aliphatic heterocycles. The molecule has 0 saturated carbocycles. The minimum absolute atomic E-state index is 0.565. The monoisotopic (exact) mass is 297 g/mol. The number of ether oxygens (including phenoxy) is 1. The zero-order valence-electron chi connectivity index (χ0n) is 12.9. The third kappa shape index (κ3) is 4.06. The number of morpholine rings is 1. The predicted molar refractivity (Wildman–Crippen MR) is 89.7 cm³/mol. The number of nitrogens with zero attached hydrogens (tertiary/aromatic N) is 2. The van der Waals surface area contributed by atoms with Crippen LogP contribution < -0.4 is 5.73 Å². The van der Waals surface area contributed by atoms with Crippen LogP contribution in [0.15, 0.2) is 42.6 Å². The van der Waals surface area contributed by atoms with Crippen molar-refractivity contribution in [2.75, 3.05) is 38.6 Å². The van der Waals surface area contributed by atoms with E-state index in [1.807, 2.05) is 12.1 Å². The lowest BCUT2D eigenvalue weighted by Gasteiger charge is -2.26. The van der Waals surface area contributed by atoms with Crippen LogP contribution in [0, 0.1) is 0 Å². The van der Waals surface area contributed by atoms with Crippen molar-refractivity contribution in [1.82, 2.24) is 9.88 Å². The first-order valence-electron chi connectivity index (χ1n) is 7.92. The van der Waals surface area contributed by atoms with E-state index in [0.717, 1.165) is 44.8 Å². The van der Waals surface area contributed by atoms with Crippen LogP contribution in [0.4, 0.5) is 5.82 Å². The van der Waals surface area contributed by atoms with E-state index >= 15 is 0 Å². The number of rotatable bonds is 5. The zero-order valence-corrected chi connectivity index (χ0v) is 12.9. The van der Waals surface area contributed by atoms with Crippen LogP contribution in [0.5, 0.6) is 0 Å². The molecule has 2 heterocycles. The Morgan fingerprint density at radius 3 is 2.73 bits per heavy atom. The number of benzene rings is 1. The van der Waals surface area contributed by atoms with E-state index in [1.54, 1.807) is 6.20 Å². The molecule has 2 aromatic rings. The van der Waals surface area contributed by atoms with Gasteiger partial charge in [-0.25, -0.2) is 4.98 Å². The third-order valence-corrected chi connectivity index (χ3v) is 4.08. The Morgan fingerprint density at radius 2 is 1.91 bits per heavy atom. The maximum absolute atomic E-state index is 5.77. The van der Waals surface area contributed by atoms with E-state index < -0.39 is 0 Å². The highest BCUT2D eigenvalue weighted by molar-refractivity contribution is 5.66. The molecule has 2 N–H and O–H groups in total. The van der Waals surface area contributed by atoms with Crippen molar-refractivity contribution in [3.63, 3.8) is 0 Å². The molecule has 1 saturated heterocycles. The van der Waals surface area contributed by atoms with E-state index in [9.17, 15) is 0 Å². The van der Waals surface area contributed by atoms with Gasteiger partial charge < -0.3 is 10.5 Å². The highest BCUT2D eigenvalue weighted by atomic mass is 16.5. The summed E-state index contributed by atoms with van der Waals surface area (Å²) >= 11 is 0. The predicted octanol–water partition coefficient (Wildman–Crippen LogP) is 2.60. The Morgan fingerprint density at radius 1 is 1.09 bits per heavy atom. The quantitative estimate of drug-likeness (QED) is 0.921. The van der Waals surface area contributed by atoms with Crippen molar-refractivity contribution in [2.24, 2.45) is 0 Å². The van der Waals surface area contributed by atoms with Crippen molar-refractivity contribution >= 4 is 5.82 Å². The second kappa shape index (κ2) is 7.38. The van der Waals surface area contributed by atoms with Gasteiger partial charge >= 0.3 is 0 Å². The molecule has 116 valence electrons. The number of aromatic nitrogens is 1. The SMILES string of the molecule is Nc1cc(-c2cccc(CCCN3CCOCC3)c2)ccn1. The van der Waals surface area contributed by atoms with Crippen molar-refractivity contribution in [3.05, 3.63) is 48.2 Å². The van der Waals surface area contributed by atoms with E-state index in [1.165, 1.54) is 17.5 Å². The Balaban J connectivity index is 1.59. The van der Waals surface area contributed by atoms with Crippen molar-refractivity contribution < 1.29 is 4.74 Å². The summed E-state index contributed by atoms with van der Waals surface area (Å²) < 4.78 is 5.38. The molecule has 1 aliphatic rings. The molecule has 0 amide bonds.